The van der Waals surface area contributed by atoms with Crippen LogP contribution in [0.5, 0.6) is 0 Å². The van der Waals surface area contributed by atoms with E-state index in [9.17, 15) is 9.59 Å². The molecule has 0 aromatic carbocycles. The van der Waals surface area contributed by atoms with Crippen molar-refractivity contribution >= 4 is 12.0 Å². The highest BCUT2D eigenvalue weighted by molar-refractivity contribution is 5.85. The number of urea groups is 1. The number of amides is 2. The molecule has 0 spiro atoms. The van der Waals surface area contributed by atoms with Gasteiger partial charge in [-0.1, -0.05) is 6.08 Å². The van der Waals surface area contributed by atoms with E-state index < -0.39 is 11.5 Å². The first-order chi connectivity index (χ1) is 7.37. The van der Waals surface area contributed by atoms with Gasteiger partial charge in [0.25, 0.3) is 0 Å². The monoisotopic (exact) mass is 228 g/mol. The van der Waals surface area contributed by atoms with Gasteiger partial charge in [-0.25, -0.2) is 9.59 Å². The molecule has 2 amide bonds. The number of hydrogen-bond acceptors (Lipinski definition) is 2. The van der Waals surface area contributed by atoms with Crippen molar-refractivity contribution in [1.82, 2.24) is 10.2 Å². The number of carbonyl (C=O) groups is 2. The molecule has 0 aliphatic carbocycles. The maximum atomic E-state index is 11.7. The third-order valence-electron chi connectivity index (χ3n) is 2.38. The fourth-order valence-corrected chi connectivity index (χ4v) is 1.28. The van der Waals surface area contributed by atoms with Gasteiger partial charge in [0.05, 0.1) is 0 Å². The van der Waals surface area contributed by atoms with Gasteiger partial charge in [-0.3, -0.25) is 0 Å². The van der Waals surface area contributed by atoms with Crippen LogP contribution in [0.3, 0.4) is 0 Å². The van der Waals surface area contributed by atoms with E-state index >= 15 is 0 Å². The van der Waals surface area contributed by atoms with Crippen molar-refractivity contribution in [3.8, 4) is 0 Å². The number of nitrogens with one attached hydrogen (secondary N) is 1. The molecule has 0 saturated heterocycles. The molecule has 16 heavy (non-hydrogen) atoms. The van der Waals surface area contributed by atoms with Crippen LogP contribution in [0.1, 0.15) is 27.2 Å². The third-order valence-corrected chi connectivity index (χ3v) is 2.38. The number of carbonyl (C=O) groups excluding carboxylic acids is 1. The average molecular weight is 228 g/mol. The van der Waals surface area contributed by atoms with Crippen molar-refractivity contribution in [2.45, 2.75) is 32.7 Å². The predicted octanol–water partition coefficient (Wildman–Crippen LogP) is 1.46. The lowest BCUT2D eigenvalue weighted by Crippen LogP contribution is -2.56. The van der Waals surface area contributed by atoms with Crippen LogP contribution in [-0.4, -0.2) is 40.6 Å². The molecule has 2 N–H and O–H groups in total. The van der Waals surface area contributed by atoms with Crippen LogP contribution in [0.25, 0.3) is 0 Å². The van der Waals surface area contributed by atoms with Crippen LogP contribution >= 0.6 is 0 Å². The van der Waals surface area contributed by atoms with Crippen molar-refractivity contribution in [1.29, 1.82) is 0 Å². The Bertz CT molecular complexity index is 274. The highest BCUT2D eigenvalue weighted by atomic mass is 16.4. The van der Waals surface area contributed by atoms with Gasteiger partial charge in [-0.15, -0.1) is 6.58 Å². The lowest BCUT2D eigenvalue weighted by atomic mass is 10.0. The van der Waals surface area contributed by atoms with Gasteiger partial charge in [-0.2, -0.15) is 0 Å². The topological polar surface area (TPSA) is 69.6 Å². The fourth-order valence-electron chi connectivity index (χ4n) is 1.28. The van der Waals surface area contributed by atoms with Crippen LogP contribution in [0, 0.1) is 0 Å². The van der Waals surface area contributed by atoms with E-state index in [4.69, 9.17) is 5.11 Å². The minimum absolute atomic E-state index is 0.346. The van der Waals surface area contributed by atoms with Gasteiger partial charge in [-0.05, 0) is 27.2 Å². The Balaban J connectivity index is 4.54. The Kier molecular flexibility index (Phi) is 5.56. The maximum Gasteiger partial charge on any atom is 0.329 e. The first-order valence-electron chi connectivity index (χ1n) is 5.27. The minimum Gasteiger partial charge on any atom is -0.480 e. The summed E-state index contributed by atoms with van der Waals surface area (Å²) in [6.45, 7) is 9.11. The summed E-state index contributed by atoms with van der Waals surface area (Å²) in [5.41, 5.74) is -1.20. The standard InChI is InChI=1S/C11H20N2O3/c1-5-7-8-12-10(16)13(6-2)11(3,4)9(14)15/h5H,1,6-8H2,2-4H3,(H,12,16)(H,14,15). The van der Waals surface area contributed by atoms with Crippen LogP contribution in [0.4, 0.5) is 4.79 Å². The Labute approximate surface area is 96.1 Å². The Morgan fingerprint density at radius 1 is 1.50 bits per heavy atom. The van der Waals surface area contributed by atoms with Gasteiger partial charge in [0.1, 0.15) is 5.54 Å². The molecular weight excluding hydrogens is 208 g/mol. The first-order valence-corrected chi connectivity index (χ1v) is 5.27. The van der Waals surface area contributed by atoms with Crippen molar-refractivity contribution in [3.05, 3.63) is 12.7 Å². The molecule has 0 fully saturated rings. The molecule has 0 radical (unpaired) electrons. The molecule has 0 saturated carbocycles. The summed E-state index contributed by atoms with van der Waals surface area (Å²) in [7, 11) is 0. The molecule has 0 unspecified atom stereocenters. The number of carboxylic acids is 1. The molecular formula is C11H20N2O3. The number of likely N-dealkylation sites (N-methyl/N-ethyl adjacent to an activating group) is 1. The van der Waals surface area contributed by atoms with E-state index in [1.54, 1.807) is 13.0 Å². The van der Waals surface area contributed by atoms with Crippen molar-refractivity contribution < 1.29 is 14.7 Å². The van der Waals surface area contributed by atoms with Gasteiger partial charge in [0, 0.05) is 13.1 Å². The number of rotatable bonds is 6. The second kappa shape index (κ2) is 6.15. The number of hydrogen-bond donors (Lipinski definition) is 2. The summed E-state index contributed by atoms with van der Waals surface area (Å²) >= 11 is 0. The minimum atomic E-state index is -1.20. The number of carboxylic acid groups (broad SMARTS) is 1. The zero-order valence-corrected chi connectivity index (χ0v) is 10.1. The highest BCUT2D eigenvalue weighted by Crippen LogP contribution is 2.14. The molecule has 0 heterocycles. The summed E-state index contributed by atoms with van der Waals surface area (Å²) in [5.74, 6) is -1.02. The van der Waals surface area contributed by atoms with E-state index in [-0.39, 0.29) is 6.03 Å². The number of nitrogens with zero attached hydrogens (tertiary/aromatic N) is 1. The summed E-state index contributed by atoms with van der Waals surface area (Å²) in [6.07, 6.45) is 2.36. The maximum absolute atomic E-state index is 11.7. The van der Waals surface area contributed by atoms with E-state index in [1.807, 2.05) is 0 Å². The second-order valence-corrected chi connectivity index (χ2v) is 3.92. The largest absolute Gasteiger partial charge is 0.480 e. The van der Waals surface area contributed by atoms with E-state index in [2.05, 4.69) is 11.9 Å². The van der Waals surface area contributed by atoms with Gasteiger partial charge < -0.3 is 15.3 Å². The molecule has 92 valence electrons. The molecule has 0 aliphatic heterocycles. The Morgan fingerprint density at radius 2 is 2.06 bits per heavy atom. The van der Waals surface area contributed by atoms with Crippen LogP contribution in [-0.2, 0) is 4.79 Å². The second-order valence-electron chi connectivity index (χ2n) is 3.92. The molecule has 0 rings (SSSR count). The Morgan fingerprint density at radius 3 is 2.44 bits per heavy atom. The number of aliphatic carboxylic acids is 1. The van der Waals surface area contributed by atoms with E-state index in [0.717, 1.165) is 0 Å². The van der Waals surface area contributed by atoms with Crippen molar-refractivity contribution in [2.75, 3.05) is 13.1 Å². The highest BCUT2D eigenvalue weighted by Gasteiger charge is 2.36. The molecule has 0 bridgehead atoms. The Hall–Kier alpha value is -1.52. The quantitative estimate of drug-likeness (QED) is 0.534. The van der Waals surface area contributed by atoms with Gasteiger partial charge in [0.15, 0.2) is 0 Å². The predicted molar refractivity (Wildman–Crippen MR) is 62.3 cm³/mol. The van der Waals surface area contributed by atoms with Gasteiger partial charge in [0.2, 0.25) is 0 Å². The van der Waals surface area contributed by atoms with Crippen molar-refractivity contribution in [3.63, 3.8) is 0 Å². The van der Waals surface area contributed by atoms with Crippen LogP contribution in [0.2, 0.25) is 0 Å². The summed E-state index contributed by atoms with van der Waals surface area (Å²) < 4.78 is 0. The normalized spacial score (nSPS) is 10.7. The van der Waals surface area contributed by atoms with E-state index in [0.29, 0.717) is 19.5 Å². The molecule has 5 nitrogen and oxygen atoms in total. The lowest BCUT2D eigenvalue weighted by Gasteiger charge is -2.34. The zero-order chi connectivity index (χ0) is 12.8. The molecule has 5 heteroatoms. The first kappa shape index (κ1) is 14.5. The third kappa shape index (κ3) is 3.56. The SMILES string of the molecule is C=CCCNC(=O)N(CC)C(C)(C)C(=O)O. The van der Waals surface area contributed by atoms with Gasteiger partial charge >= 0.3 is 12.0 Å². The summed E-state index contributed by atoms with van der Waals surface area (Å²) in [4.78, 5) is 24.0. The summed E-state index contributed by atoms with van der Waals surface area (Å²) in [6, 6.07) is -0.364. The van der Waals surface area contributed by atoms with Crippen molar-refractivity contribution in [2.24, 2.45) is 0 Å². The van der Waals surface area contributed by atoms with E-state index in [1.165, 1.54) is 18.7 Å². The van der Waals surface area contributed by atoms with Crippen LogP contribution in [0.15, 0.2) is 12.7 Å². The lowest BCUT2D eigenvalue weighted by molar-refractivity contribution is -0.147. The molecule has 0 atom stereocenters. The molecule has 0 aromatic heterocycles. The average Bonchev–Trinajstić information content (AvgIpc) is 2.18. The fraction of sp³-hybridized carbons (Fsp3) is 0.636. The molecule has 0 aliphatic rings. The smallest absolute Gasteiger partial charge is 0.329 e. The summed E-state index contributed by atoms with van der Waals surface area (Å²) in [5, 5.41) is 11.7. The van der Waals surface area contributed by atoms with Crippen LogP contribution < -0.4 is 5.32 Å². The molecule has 0 aromatic rings. The zero-order valence-electron chi connectivity index (χ0n) is 10.1.